The van der Waals surface area contributed by atoms with Crippen molar-refractivity contribution in [2.75, 3.05) is 13.2 Å². The van der Waals surface area contributed by atoms with Crippen LogP contribution in [0, 0.1) is 13.8 Å². The Morgan fingerprint density at radius 3 is 2.77 bits per heavy atom. The highest BCUT2D eigenvalue weighted by atomic mass is 79.9. The molecule has 6 nitrogen and oxygen atoms in total. The van der Waals surface area contributed by atoms with Gasteiger partial charge >= 0.3 is 0 Å². The first kappa shape index (κ1) is 18.8. The summed E-state index contributed by atoms with van der Waals surface area (Å²) in [7, 11) is 0. The van der Waals surface area contributed by atoms with Crippen LogP contribution in [0.15, 0.2) is 39.9 Å². The van der Waals surface area contributed by atoms with Gasteiger partial charge in [-0.2, -0.15) is 5.10 Å². The second-order valence-electron chi connectivity index (χ2n) is 6.44. The van der Waals surface area contributed by atoms with E-state index in [-0.39, 0.29) is 12.3 Å². The van der Waals surface area contributed by atoms with Crippen molar-refractivity contribution in [3.8, 4) is 5.69 Å². The van der Waals surface area contributed by atoms with Crippen molar-refractivity contribution in [3.63, 3.8) is 0 Å². The second-order valence-corrected chi connectivity index (χ2v) is 7.36. The predicted octanol–water partition coefficient (Wildman–Crippen LogP) is 3.46. The molecule has 3 rings (SSSR count). The highest BCUT2D eigenvalue weighted by Crippen LogP contribution is 2.23. The number of halogens is 1. The van der Waals surface area contributed by atoms with E-state index in [2.05, 4.69) is 43.2 Å². The Morgan fingerprint density at radius 1 is 1.35 bits per heavy atom. The molecule has 0 saturated carbocycles. The van der Waals surface area contributed by atoms with Crippen LogP contribution in [-0.4, -0.2) is 35.7 Å². The molecule has 1 amide bonds. The molecule has 0 unspecified atom stereocenters. The molecule has 0 bridgehead atoms. The lowest BCUT2D eigenvalue weighted by Gasteiger charge is -2.20. The Morgan fingerprint density at radius 2 is 2.08 bits per heavy atom. The minimum absolute atomic E-state index is 0.113. The van der Waals surface area contributed by atoms with E-state index in [0.29, 0.717) is 13.2 Å². The third-order valence-corrected chi connectivity index (χ3v) is 4.80. The van der Waals surface area contributed by atoms with E-state index in [1.54, 1.807) is 13.1 Å². The predicted molar refractivity (Wildman–Crippen MR) is 104 cm³/mol. The molecule has 1 N–H and O–H groups in total. The van der Waals surface area contributed by atoms with Crippen molar-refractivity contribution < 1.29 is 14.3 Å². The van der Waals surface area contributed by atoms with Crippen LogP contribution < -0.4 is 5.43 Å². The molecular weight excluding hydrogens is 398 g/mol. The maximum atomic E-state index is 12.0. The standard InChI is InChI=1S/C19H22BrN3O3/c1-13-9-15(14(2)23(13)17-6-4-5-16(20)10-17)12-21-22-18(24)11-19(3)25-7-8-26-19/h4-6,9-10,12H,7-8,11H2,1-3H3,(H,22,24)/b21-12-. The average molecular weight is 420 g/mol. The fourth-order valence-corrected chi connectivity index (χ4v) is 3.48. The molecule has 1 aromatic heterocycles. The van der Waals surface area contributed by atoms with E-state index in [4.69, 9.17) is 9.47 Å². The van der Waals surface area contributed by atoms with Gasteiger partial charge in [-0.3, -0.25) is 4.79 Å². The second kappa shape index (κ2) is 7.73. The van der Waals surface area contributed by atoms with E-state index in [9.17, 15) is 4.79 Å². The SMILES string of the molecule is Cc1cc(/C=N\NC(=O)CC2(C)OCCO2)c(C)n1-c1cccc(Br)c1. The number of aryl methyl sites for hydroxylation is 1. The number of benzene rings is 1. The molecule has 0 spiro atoms. The molecule has 1 aliphatic rings. The summed E-state index contributed by atoms with van der Waals surface area (Å²) in [4.78, 5) is 12.0. The molecule has 2 aromatic rings. The third kappa shape index (κ3) is 4.23. The first-order valence-electron chi connectivity index (χ1n) is 8.43. The molecule has 138 valence electrons. The van der Waals surface area contributed by atoms with E-state index >= 15 is 0 Å². The van der Waals surface area contributed by atoms with Crippen molar-refractivity contribution in [2.24, 2.45) is 5.10 Å². The van der Waals surface area contributed by atoms with E-state index in [1.165, 1.54) is 0 Å². The monoisotopic (exact) mass is 419 g/mol. The van der Waals surface area contributed by atoms with Gasteiger partial charge in [0.25, 0.3) is 0 Å². The van der Waals surface area contributed by atoms with Crippen LogP contribution in [0.1, 0.15) is 30.3 Å². The first-order chi connectivity index (χ1) is 12.4. The van der Waals surface area contributed by atoms with Gasteiger partial charge in [-0.05, 0) is 45.0 Å². The molecule has 1 aliphatic heterocycles. The lowest BCUT2D eigenvalue weighted by Crippen LogP contribution is -2.33. The normalized spacial score (nSPS) is 16.3. The van der Waals surface area contributed by atoms with Gasteiger partial charge in [0.1, 0.15) is 0 Å². The third-order valence-electron chi connectivity index (χ3n) is 4.31. The molecule has 2 heterocycles. The zero-order chi connectivity index (χ0) is 18.7. The Labute approximate surface area is 161 Å². The summed E-state index contributed by atoms with van der Waals surface area (Å²) in [6, 6.07) is 10.1. The molecule has 0 atom stereocenters. The van der Waals surface area contributed by atoms with Crippen molar-refractivity contribution in [1.82, 2.24) is 9.99 Å². The van der Waals surface area contributed by atoms with Crippen LogP contribution in [0.25, 0.3) is 5.69 Å². The summed E-state index contributed by atoms with van der Waals surface area (Å²) < 4.78 is 14.0. The van der Waals surface area contributed by atoms with E-state index in [1.807, 2.05) is 32.0 Å². The maximum Gasteiger partial charge on any atom is 0.245 e. The number of rotatable bonds is 5. The molecule has 7 heteroatoms. The van der Waals surface area contributed by atoms with Crippen molar-refractivity contribution in [3.05, 3.63) is 51.8 Å². The van der Waals surface area contributed by atoms with Crippen LogP contribution in [0.5, 0.6) is 0 Å². The molecular formula is C19H22BrN3O3. The van der Waals surface area contributed by atoms with Gasteiger partial charge in [0, 0.05) is 27.1 Å². The lowest BCUT2D eigenvalue weighted by molar-refractivity contribution is -0.159. The smallest absolute Gasteiger partial charge is 0.245 e. The number of hydrogen-bond acceptors (Lipinski definition) is 4. The highest BCUT2D eigenvalue weighted by molar-refractivity contribution is 9.10. The van der Waals surface area contributed by atoms with Crippen molar-refractivity contribution in [2.45, 2.75) is 33.0 Å². The number of carbonyl (C=O) groups excluding carboxylic acids is 1. The largest absolute Gasteiger partial charge is 0.347 e. The van der Waals surface area contributed by atoms with Crippen LogP contribution in [0.3, 0.4) is 0 Å². The Bertz CT molecular complexity index is 839. The van der Waals surface area contributed by atoms with Crippen LogP contribution >= 0.6 is 15.9 Å². The van der Waals surface area contributed by atoms with Crippen LogP contribution in [0.2, 0.25) is 0 Å². The maximum absolute atomic E-state index is 12.0. The van der Waals surface area contributed by atoms with E-state index in [0.717, 1.165) is 27.1 Å². The number of nitrogens with zero attached hydrogens (tertiary/aromatic N) is 2. The number of amides is 1. The summed E-state index contributed by atoms with van der Waals surface area (Å²) in [6.07, 6.45) is 1.77. The van der Waals surface area contributed by atoms with Crippen molar-refractivity contribution in [1.29, 1.82) is 0 Å². The topological polar surface area (TPSA) is 64.8 Å². The lowest BCUT2D eigenvalue weighted by atomic mass is 10.2. The molecule has 26 heavy (non-hydrogen) atoms. The first-order valence-corrected chi connectivity index (χ1v) is 9.22. The van der Waals surface area contributed by atoms with Gasteiger partial charge < -0.3 is 14.0 Å². The number of carbonyl (C=O) groups is 1. The van der Waals surface area contributed by atoms with Crippen LogP contribution in [0.4, 0.5) is 0 Å². The van der Waals surface area contributed by atoms with Gasteiger partial charge in [-0.1, -0.05) is 22.0 Å². The van der Waals surface area contributed by atoms with Gasteiger partial charge in [0.05, 0.1) is 25.8 Å². The summed E-state index contributed by atoms with van der Waals surface area (Å²) in [5.41, 5.74) is 6.70. The summed E-state index contributed by atoms with van der Waals surface area (Å²) in [6.45, 7) is 6.84. The number of aromatic nitrogens is 1. The van der Waals surface area contributed by atoms with Gasteiger partial charge in [0.15, 0.2) is 5.79 Å². The fraction of sp³-hybridized carbons (Fsp3) is 0.368. The summed E-state index contributed by atoms with van der Waals surface area (Å²) >= 11 is 3.51. The van der Waals surface area contributed by atoms with E-state index < -0.39 is 5.79 Å². The van der Waals surface area contributed by atoms with Gasteiger partial charge in [-0.25, -0.2) is 5.43 Å². The molecule has 0 aliphatic carbocycles. The molecule has 1 saturated heterocycles. The Hall–Kier alpha value is -1.96. The zero-order valence-corrected chi connectivity index (χ0v) is 16.7. The average Bonchev–Trinajstić information content (AvgIpc) is 3.11. The number of hydrazone groups is 1. The molecule has 1 aromatic carbocycles. The Balaban J connectivity index is 1.69. The van der Waals surface area contributed by atoms with Crippen LogP contribution in [-0.2, 0) is 14.3 Å². The fourth-order valence-electron chi connectivity index (χ4n) is 3.09. The summed E-state index contributed by atoms with van der Waals surface area (Å²) in [5, 5.41) is 4.08. The number of hydrogen-bond donors (Lipinski definition) is 1. The summed E-state index contributed by atoms with van der Waals surface area (Å²) in [5.74, 6) is -1.10. The minimum atomic E-state index is -0.851. The number of nitrogens with one attached hydrogen (secondary N) is 1. The van der Waals surface area contributed by atoms with Gasteiger partial charge in [0.2, 0.25) is 5.91 Å². The molecule has 1 fully saturated rings. The minimum Gasteiger partial charge on any atom is -0.347 e. The number of ether oxygens (including phenoxy) is 2. The quantitative estimate of drug-likeness (QED) is 0.595. The Kier molecular flexibility index (Phi) is 5.60. The van der Waals surface area contributed by atoms with Gasteiger partial charge in [-0.15, -0.1) is 0 Å². The highest BCUT2D eigenvalue weighted by Gasteiger charge is 2.33. The zero-order valence-electron chi connectivity index (χ0n) is 15.1. The molecule has 0 radical (unpaired) electrons. The van der Waals surface area contributed by atoms with Crippen molar-refractivity contribution >= 4 is 28.1 Å².